The average molecular weight is 254 g/mol. The molecule has 2 N–H and O–H groups in total. The molecule has 0 spiro atoms. The largest absolute Gasteiger partial charge is 0.486 e. The van der Waals surface area contributed by atoms with E-state index in [1.807, 2.05) is 0 Å². The van der Waals surface area contributed by atoms with Crippen LogP contribution in [0.25, 0.3) is 0 Å². The van der Waals surface area contributed by atoms with Gasteiger partial charge in [0.1, 0.15) is 19.3 Å². The molecule has 1 aliphatic rings. The molecule has 1 aromatic carbocycles. The molecular formula is C12H14O6. The number of rotatable bonds is 3. The highest BCUT2D eigenvalue weighted by molar-refractivity contribution is 5.75. The van der Waals surface area contributed by atoms with Gasteiger partial charge in [0.25, 0.3) is 0 Å². The van der Waals surface area contributed by atoms with Gasteiger partial charge in [-0.15, -0.1) is 0 Å². The lowest BCUT2D eigenvalue weighted by atomic mass is 10.0. The second-order valence-corrected chi connectivity index (χ2v) is 3.82. The first kappa shape index (κ1) is 12.7. The molecule has 1 aliphatic heterocycles. The van der Waals surface area contributed by atoms with Crippen LogP contribution in [0.2, 0.25) is 0 Å². The van der Waals surface area contributed by atoms with Crippen LogP contribution in [0.5, 0.6) is 11.5 Å². The molecule has 1 heterocycles. The summed E-state index contributed by atoms with van der Waals surface area (Å²) in [6, 6.07) is 4.71. The van der Waals surface area contributed by atoms with Gasteiger partial charge in [-0.25, -0.2) is 4.79 Å². The van der Waals surface area contributed by atoms with E-state index < -0.39 is 18.2 Å². The van der Waals surface area contributed by atoms with Gasteiger partial charge in [-0.1, -0.05) is 6.07 Å². The summed E-state index contributed by atoms with van der Waals surface area (Å²) in [6.07, 6.45) is -2.99. The maximum Gasteiger partial charge on any atom is 0.337 e. The summed E-state index contributed by atoms with van der Waals surface area (Å²) in [5.74, 6) is 0.164. The summed E-state index contributed by atoms with van der Waals surface area (Å²) in [7, 11) is 1.14. The minimum Gasteiger partial charge on any atom is -0.486 e. The Kier molecular flexibility index (Phi) is 3.69. The topological polar surface area (TPSA) is 85.2 Å². The van der Waals surface area contributed by atoms with Crippen LogP contribution >= 0.6 is 0 Å². The number of methoxy groups -OCH3 is 1. The van der Waals surface area contributed by atoms with Crippen LogP contribution in [-0.2, 0) is 9.53 Å². The van der Waals surface area contributed by atoms with E-state index in [9.17, 15) is 15.0 Å². The number of carbonyl (C=O) groups is 1. The van der Waals surface area contributed by atoms with Crippen LogP contribution in [0, 0.1) is 0 Å². The fourth-order valence-corrected chi connectivity index (χ4v) is 1.68. The van der Waals surface area contributed by atoms with E-state index in [2.05, 4.69) is 4.74 Å². The van der Waals surface area contributed by atoms with E-state index in [1.165, 1.54) is 6.07 Å². The number of carbonyl (C=O) groups excluding carboxylic acids is 1. The first-order valence-corrected chi connectivity index (χ1v) is 5.47. The molecule has 0 fully saturated rings. The molecular weight excluding hydrogens is 240 g/mol. The van der Waals surface area contributed by atoms with Crippen LogP contribution in [-0.4, -0.2) is 42.6 Å². The number of esters is 1. The van der Waals surface area contributed by atoms with Crippen molar-refractivity contribution in [2.75, 3.05) is 20.3 Å². The van der Waals surface area contributed by atoms with Gasteiger partial charge < -0.3 is 24.4 Å². The van der Waals surface area contributed by atoms with Crippen LogP contribution in [0.1, 0.15) is 11.7 Å². The summed E-state index contributed by atoms with van der Waals surface area (Å²) in [6.45, 7) is 0.895. The molecule has 18 heavy (non-hydrogen) atoms. The molecule has 6 heteroatoms. The predicted molar refractivity (Wildman–Crippen MR) is 60.4 cm³/mol. The van der Waals surface area contributed by atoms with Crippen LogP contribution in [0.4, 0.5) is 0 Å². The van der Waals surface area contributed by atoms with Crippen molar-refractivity contribution in [1.82, 2.24) is 0 Å². The Morgan fingerprint density at radius 1 is 1.28 bits per heavy atom. The summed E-state index contributed by atoms with van der Waals surface area (Å²) in [4.78, 5) is 11.1. The van der Waals surface area contributed by atoms with Gasteiger partial charge in [0.15, 0.2) is 17.6 Å². The zero-order valence-corrected chi connectivity index (χ0v) is 9.83. The first-order valence-electron chi connectivity index (χ1n) is 5.47. The van der Waals surface area contributed by atoms with Gasteiger partial charge in [0.05, 0.1) is 7.11 Å². The van der Waals surface area contributed by atoms with Crippen molar-refractivity contribution in [3.05, 3.63) is 23.8 Å². The van der Waals surface area contributed by atoms with E-state index in [-0.39, 0.29) is 0 Å². The Bertz CT molecular complexity index is 444. The molecule has 0 saturated carbocycles. The zero-order valence-electron chi connectivity index (χ0n) is 9.83. The molecule has 6 nitrogen and oxygen atoms in total. The SMILES string of the molecule is COC(=O)C(O)C(O)c1ccc2c(c1)OCCO2. The van der Waals surface area contributed by atoms with Gasteiger partial charge in [-0.05, 0) is 17.7 Å². The monoisotopic (exact) mass is 254 g/mol. The van der Waals surface area contributed by atoms with Crippen molar-refractivity contribution in [3.63, 3.8) is 0 Å². The Hall–Kier alpha value is -1.79. The summed E-state index contributed by atoms with van der Waals surface area (Å²) < 4.78 is 15.0. The van der Waals surface area contributed by atoms with Crippen LogP contribution in [0.15, 0.2) is 18.2 Å². The highest BCUT2D eigenvalue weighted by Crippen LogP contribution is 2.33. The van der Waals surface area contributed by atoms with Crippen LogP contribution < -0.4 is 9.47 Å². The normalized spacial score (nSPS) is 16.8. The number of ether oxygens (including phenoxy) is 3. The Morgan fingerprint density at radius 3 is 2.61 bits per heavy atom. The number of aliphatic hydroxyl groups excluding tert-OH is 2. The third-order valence-electron chi connectivity index (χ3n) is 2.65. The molecule has 1 aromatic rings. The number of fused-ring (bicyclic) bond motifs is 1. The Morgan fingerprint density at radius 2 is 1.94 bits per heavy atom. The van der Waals surface area contributed by atoms with Gasteiger partial charge >= 0.3 is 5.97 Å². The molecule has 0 aromatic heterocycles. The van der Waals surface area contributed by atoms with Crippen molar-refractivity contribution in [2.24, 2.45) is 0 Å². The van der Waals surface area contributed by atoms with Gasteiger partial charge in [0, 0.05) is 0 Å². The molecule has 0 aliphatic carbocycles. The van der Waals surface area contributed by atoms with E-state index in [0.717, 1.165) is 7.11 Å². The van der Waals surface area contributed by atoms with Crippen LogP contribution in [0.3, 0.4) is 0 Å². The predicted octanol–water partition coefficient (Wildman–Crippen LogP) is 0.0251. The standard InChI is InChI=1S/C12H14O6/c1-16-12(15)11(14)10(13)7-2-3-8-9(6-7)18-5-4-17-8/h2-3,6,10-11,13-14H,4-5H2,1H3. The van der Waals surface area contributed by atoms with Gasteiger partial charge in [-0.2, -0.15) is 0 Å². The van der Waals surface area contributed by atoms with Gasteiger partial charge in [-0.3, -0.25) is 0 Å². The highest BCUT2D eigenvalue weighted by atomic mass is 16.6. The minimum absolute atomic E-state index is 0.358. The van der Waals surface area contributed by atoms with E-state index in [0.29, 0.717) is 30.3 Å². The third-order valence-corrected chi connectivity index (χ3v) is 2.65. The van der Waals surface area contributed by atoms with E-state index in [4.69, 9.17) is 9.47 Å². The van der Waals surface area contributed by atoms with E-state index in [1.54, 1.807) is 12.1 Å². The molecule has 2 atom stereocenters. The molecule has 0 amide bonds. The quantitative estimate of drug-likeness (QED) is 0.740. The zero-order chi connectivity index (χ0) is 13.1. The summed E-state index contributed by atoms with van der Waals surface area (Å²) in [5.41, 5.74) is 0.358. The summed E-state index contributed by atoms with van der Waals surface area (Å²) >= 11 is 0. The molecule has 0 radical (unpaired) electrons. The number of benzene rings is 1. The summed E-state index contributed by atoms with van der Waals surface area (Å²) in [5, 5.41) is 19.4. The Balaban J connectivity index is 2.20. The van der Waals surface area contributed by atoms with Gasteiger partial charge in [0.2, 0.25) is 0 Å². The Labute approximate surface area is 104 Å². The number of hydrogen-bond acceptors (Lipinski definition) is 6. The number of hydrogen-bond donors (Lipinski definition) is 2. The lowest BCUT2D eigenvalue weighted by Crippen LogP contribution is -2.29. The second kappa shape index (κ2) is 5.24. The van der Waals surface area contributed by atoms with Crippen molar-refractivity contribution in [3.8, 4) is 11.5 Å². The third kappa shape index (κ3) is 2.39. The first-order chi connectivity index (χ1) is 8.63. The maximum absolute atomic E-state index is 11.1. The number of aliphatic hydroxyl groups is 2. The average Bonchev–Trinajstić information content (AvgIpc) is 2.44. The molecule has 2 rings (SSSR count). The van der Waals surface area contributed by atoms with Crippen molar-refractivity contribution in [1.29, 1.82) is 0 Å². The molecule has 0 bridgehead atoms. The molecule has 0 saturated heterocycles. The fourth-order valence-electron chi connectivity index (χ4n) is 1.68. The van der Waals surface area contributed by atoms with Crippen molar-refractivity contribution >= 4 is 5.97 Å². The fraction of sp³-hybridized carbons (Fsp3) is 0.417. The smallest absolute Gasteiger partial charge is 0.337 e. The highest BCUT2D eigenvalue weighted by Gasteiger charge is 2.27. The second-order valence-electron chi connectivity index (χ2n) is 3.82. The van der Waals surface area contributed by atoms with Crippen molar-refractivity contribution in [2.45, 2.75) is 12.2 Å². The van der Waals surface area contributed by atoms with E-state index >= 15 is 0 Å². The lowest BCUT2D eigenvalue weighted by molar-refractivity contribution is -0.156. The maximum atomic E-state index is 11.1. The minimum atomic E-state index is -1.63. The molecule has 98 valence electrons. The lowest BCUT2D eigenvalue weighted by Gasteiger charge is -2.21. The molecule has 2 unspecified atom stereocenters. The van der Waals surface area contributed by atoms with Crippen molar-refractivity contribution < 1.29 is 29.2 Å².